The molecule has 0 aliphatic heterocycles. The molecule has 3 heteroatoms. The molecule has 0 aromatic heterocycles. The van der Waals surface area contributed by atoms with Crippen LogP contribution in [0.3, 0.4) is 0 Å². The van der Waals surface area contributed by atoms with Gasteiger partial charge in [0.2, 0.25) is 0 Å². The molecule has 0 heterocycles. The molecular formula is C14H33N3. The van der Waals surface area contributed by atoms with Gasteiger partial charge in [0.1, 0.15) is 0 Å². The summed E-state index contributed by atoms with van der Waals surface area (Å²) in [5.41, 5.74) is 0. The maximum absolute atomic E-state index is 3.51. The van der Waals surface area contributed by atoms with E-state index in [0.29, 0.717) is 12.1 Å². The van der Waals surface area contributed by atoms with E-state index in [1.165, 1.54) is 25.7 Å². The first-order valence-corrected chi connectivity index (χ1v) is 7.30. The lowest BCUT2D eigenvalue weighted by Gasteiger charge is -2.09. The third-order valence-corrected chi connectivity index (χ3v) is 2.67. The zero-order valence-corrected chi connectivity index (χ0v) is 12.3. The molecule has 0 saturated carbocycles. The van der Waals surface area contributed by atoms with E-state index < -0.39 is 0 Å². The zero-order chi connectivity index (χ0) is 12.9. The average Bonchev–Trinajstić information content (AvgIpc) is 2.25. The van der Waals surface area contributed by atoms with Crippen molar-refractivity contribution >= 4 is 0 Å². The summed E-state index contributed by atoms with van der Waals surface area (Å²) in [4.78, 5) is 0. The molecule has 0 amide bonds. The van der Waals surface area contributed by atoms with Crippen molar-refractivity contribution in [1.29, 1.82) is 0 Å². The normalized spacial score (nSPS) is 11.6. The minimum Gasteiger partial charge on any atom is -0.317 e. The van der Waals surface area contributed by atoms with Gasteiger partial charge in [-0.2, -0.15) is 0 Å². The van der Waals surface area contributed by atoms with Crippen LogP contribution in [0, 0.1) is 0 Å². The number of hydrogen-bond acceptors (Lipinski definition) is 3. The van der Waals surface area contributed by atoms with Crippen LogP contribution in [-0.2, 0) is 0 Å². The van der Waals surface area contributed by atoms with Crippen LogP contribution in [0.4, 0.5) is 0 Å². The first kappa shape index (κ1) is 16.9. The van der Waals surface area contributed by atoms with Crippen LogP contribution in [0.5, 0.6) is 0 Å². The van der Waals surface area contributed by atoms with Crippen molar-refractivity contribution in [2.75, 3.05) is 26.2 Å². The highest BCUT2D eigenvalue weighted by molar-refractivity contribution is 4.56. The van der Waals surface area contributed by atoms with Gasteiger partial charge in [-0.05, 0) is 51.9 Å². The molecule has 3 nitrogen and oxygen atoms in total. The molecule has 104 valence electrons. The van der Waals surface area contributed by atoms with E-state index in [-0.39, 0.29) is 0 Å². The average molecular weight is 243 g/mol. The van der Waals surface area contributed by atoms with E-state index in [1.54, 1.807) is 0 Å². The Kier molecular flexibility index (Phi) is 12.3. The lowest BCUT2D eigenvalue weighted by molar-refractivity contribution is 0.522. The number of hydrogen-bond donors (Lipinski definition) is 3. The van der Waals surface area contributed by atoms with E-state index in [1.807, 2.05) is 0 Å². The van der Waals surface area contributed by atoms with E-state index in [0.717, 1.165) is 26.2 Å². The Hall–Kier alpha value is -0.120. The summed E-state index contributed by atoms with van der Waals surface area (Å²) in [6.45, 7) is 13.4. The maximum atomic E-state index is 3.51. The third kappa shape index (κ3) is 15.9. The van der Waals surface area contributed by atoms with Gasteiger partial charge in [-0.3, -0.25) is 0 Å². The number of nitrogens with one attached hydrogen (secondary N) is 3. The quantitative estimate of drug-likeness (QED) is 0.460. The third-order valence-electron chi connectivity index (χ3n) is 2.67. The van der Waals surface area contributed by atoms with Gasteiger partial charge in [0.05, 0.1) is 0 Å². The first-order valence-electron chi connectivity index (χ1n) is 7.30. The SMILES string of the molecule is CC(C)NCCCCNCCCCNC(C)C. The lowest BCUT2D eigenvalue weighted by Crippen LogP contribution is -2.26. The summed E-state index contributed by atoms with van der Waals surface area (Å²) in [5.74, 6) is 0. The van der Waals surface area contributed by atoms with Crippen LogP contribution >= 0.6 is 0 Å². The standard InChI is InChI=1S/C14H33N3/c1-13(2)16-11-7-5-9-15-10-6-8-12-17-14(3)4/h13-17H,5-12H2,1-4H3. The minimum absolute atomic E-state index is 0.622. The lowest BCUT2D eigenvalue weighted by atomic mass is 10.2. The van der Waals surface area contributed by atoms with Gasteiger partial charge in [-0.15, -0.1) is 0 Å². The van der Waals surface area contributed by atoms with Gasteiger partial charge in [-0.25, -0.2) is 0 Å². The van der Waals surface area contributed by atoms with Gasteiger partial charge in [-0.1, -0.05) is 27.7 Å². The molecule has 0 unspecified atom stereocenters. The summed E-state index contributed by atoms with van der Waals surface area (Å²) < 4.78 is 0. The Labute approximate surface area is 108 Å². The summed E-state index contributed by atoms with van der Waals surface area (Å²) in [5, 5.41) is 10.4. The highest BCUT2D eigenvalue weighted by atomic mass is 14.9. The molecule has 3 N–H and O–H groups in total. The van der Waals surface area contributed by atoms with Crippen molar-refractivity contribution in [3.8, 4) is 0 Å². The van der Waals surface area contributed by atoms with Crippen LogP contribution in [0.15, 0.2) is 0 Å². The first-order chi connectivity index (χ1) is 8.13. The van der Waals surface area contributed by atoms with Gasteiger partial charge >= 0.3 is 0 Å². The van der Waals surface area contributed by atoms with Gasteiger partial charge in [0.15, 0.2) is 0 Å². The second-order valence-electron chi connectivity index (χ2n) is 5.38. The Morgan fingerprint density at radius 2 is 0.941 bits per heavy atom. The molecule has 0 aliphatic rings. The molecule has 0 atom stereocenters. The smallest absolute Gasteiger partial charge is 0.00103 e. The molecule has 0 fully saturated rings. The molecule has 0 spiro atoms. The second-order valence-corrected chi connectivity index (χ2v) is 5.38. The van der Waals surface area contributed by atoms with Crippen molar-refractivity contribution in [2.45, 2.75) is 65.5 Å². The van der Waals surface area contributed by atoms with Gasteiger partial charge in [0.25, 0.3) is 0 Å². The summed E-state index contributed by atoms with van der Waals surface area (Å²) in [6.07, 6.45) is 5.12. The fourth-order valence-corrected chi connectivity index (χ4v) is 1.66. The fraction of sp³-hybridized carbons (Fsp3) is 1.00. The number of rotatable bonds is 12. The molecule has 0 radical (unpaired) electrons. The van der Waals surface area contributed by atoms with Crippen LogP contribution in [0.2, 0.25) is 0 Å². The molecular weight excluding hydrogens is 210 g/mol. The number of unbranched alkanes of at least 4 members (excludes halogenated alkanes) is 2. The molecule has 0 aliphatic carbocycles. The molecule has 0 rings (SSSR count). The van der Waals surface area contributed by atoms with E-state index in [2.05, 4.69) is 43.6 Å². The summed E-state index contributed by atoms with van der Waals surface area (Å²) in [7, 11) is 0. The van der Waals surface area contributed by atoms with E-state index >= 15 is 0 Å². The van der Waals surface area contributed by atoms with Crippen molar-refractivity contribution in [1.82, 2.24) is 16.0 Å². The Bertz CT molecular complexity index is 130. The molecule has 0 bridgehead atoms. The zero-order valence-electron chi connectivity index (χ0n) is 12.3. The highest BCUT2D eigenvalue weighted by Crippen LogP contribution is 1.89. The Morgan fingerprint density at radius 1 is 0.588 bits per heavy atom. The van der Waals surface area contributed by atoms with Crippen molar-refractivity contribution in [2.24, 2.45) is 0 Å². The molecule has 0 aromatic rings. The van der Waals surface area contributed by atoms with Crippen LogP contribution < -0.4 is 16.0 Å². The van der Waals surface area contributed by atoms with Crippen molar-refractivity contribution in [3.63, 3.8) is 0 Å². The predicted octanol–water partition coefficient (Wildman–Crippen LogP) is 2.13. The molecule has 0 aromatic carbocycles. The predicted molar refractivity (Wildman–Crippen MR) is 77.6 cm³/mol. The molecule has 17 heavy (non-hydrogen) atoms. The highest BCUT2D eigenvalue weighted by Gasteiger charge is 1.94. The van der Waals surface area contributed by atoms with Gasteiger partial charge in [0, 0.05) is 12.1 Å². The summed E-state index contributed by atoms with van der Waals surface area (Å²) in [6, 6.07) is 1.24. The van der Waals surface area contributed by atoms with Gasteiger partial charge < -0.3 is 16.0 Å². The Morgan fingerprint density at radius 3 is 1.29 bits per heavy atom. The monoisotopic (exact) mass is 243 g/mol. The van der Waals surface area contributed by atoms with E-state index in [9.17, 15) is 0 Å². The van der Waals surface area contributed by atoms with Crippen molar-refractivity contribution in [3.05, 3.63) is 0 Å². The maximum Gasteiger partial charge on any atom is 0.00103 e. The largest absolute Gasteiger partial charge is 0.317 e. The van der Waals surface area contributed by atoms with Crippen LogP contribution in [-0.4, -0.2) is 38.3 Å². The topological polar surface area (TPSA) is 36.1 Å². The van der Waals surface area contributed by atoms with E-state index in [4.69, 9.17) is 0 Å². The summed E-state index contributed by atoms with van der Waals surface area (Å²) >= 11 is 0. The second kappa shape index (κ2) is 12.3. The van der Waals surface area contributed by atoms with Crippen LogP contribution in [0.25, 0.3) is 0 Å². The minimum atomic E-state index is 0.622. The Balaban J connectivity index is 2.94. The fourth-order valence-electron chi connectivity index (χ4n) is 1.66. The van der Waals surface area contributed by atoms with Crippen LogP contribution in [0.1, 0.15) is 53.4 Å². The molecule has 0 saturated heterocycles. The van der Waals surface area contributed by atoms with Crippen molar-refractivity contribution < 1.29 is 0 Å².